The van der Waals surface area contributed by atoms with E-state index >= 15 is 0 Å². The van der Waals surface area contributed by atoms with Crippen molar-refractivity contribution in [3.63, 3.8) is 0 Å². The number of ether oxygens (including phenoxy) is 1. The highest BCUT2D eigenvalue weighted by Crippen LogP contribution is 2.27. The molecule has 0 radical (unpaired) electrons. The smallest absolute Gasteiger partial charge is 0.191 e. The Labute approximate surface area is 120 Å². The van der Waals surface area contributed by atoms with E-state index in [1.54, 1.807) is 18.4 Å². The number of nitrogens with zero attached hydrogens (tertiary/aromatic N) is 1. The Morgan fingerprint density at radius 1 is 1.42 bits per heavy atom. The molecule has 0 aliphatic heterocycles. The van der Waals surface area contributed by atoms with Crippen LogP contribution in [0.3, 0.4) is 0 Å². The van der Waals surface area contributed by atoms with Crippen molar-refractivity contribution >= 4 is 17.3 Å². The van der Waals surface area contributed by atoms with Crippen molar-refractivity contribution in [2.24, 2.45) is 4.99 Å². The fraction of sp³-hybridized carbons (Fsp3) is 0.643. The molecule has 1 aromatic heterocycles. The second-order valence-electron chi connectivity index (χ2n) is 4.98. The fourth-order valence-corrected chi connectivity index (χ4v) is 2.48. The maximum absolute atomic E-state index is 5.03. The normalized spacial score (nSPS) is 12.5. The van der Waals surface area contributed by atoms with Crippen LogP contribution >= 0.6 is 11.3 Å². The van der Waals surface area contributed by atoms with Gasteiger partial charge in [-0.3, -0.25) is 4.99 Å². The summed E-state index contributed by atoms with van der Waals surface area (Å²) in [6, 6.07) is 4.26. The quantitative estimate of drug-likeness (QED) is 0.458. The van der Waals surface area contributed by atoms with E-state index in [0.717, 1.165) is 25.6 Å². The lowest BCUT2D eigenvalue weighted by Gasteiger charge is -2.21. The van der Waals surface area contributed by atoms with Gasteiger partial charge in [-0.25, -0.2) is 0 Å². The van der Waals surface area contributed by atoms with Gasteiger partial charge in [0.05, 0.1) is 13.2 Å². The predicted octanol–water partition coefficient (Wildman–Crippen LogP) is 2.23. The summed E-state index contributed by atoms with van der Waals surface area (Å²) >= 11 is 1.79. The van der Waals surface area contributed by atoms with Crippen molar-refractivity contribution in [3.05, 3.63) is 22.4 Å². The molecule has 0 bridgehead atoms. The highest BCUT2D eigenvalue weighted by molar-refractivity contribution is 7.10. The molecule has 0 aliphatic rings. The molecule has 108 valence electrons. The molecule has 0 aliphatic carbocycles. The Morgan fingerprint density at radius 2 is 2.21 bits per heavy atom. The van der Waals surface area contributed by atoms with Crippen molar-refractivity contribution < 1.29 is 4.74 Å². The summed E-state index contributed by atoms with van der Waals surface area (Å²) < 4.78 is 5.03. The predicted molar refractivity (Wildman–Crippen MR) is 83.2 cm³/mol. The van der Waals surface area contributed by atoms with Crippen LogP contribution in [-0.4, -0.2) is 39.3 Å². The number of hydrogen-bond acceptors (Lipinski definition) is 3. The maximum Gasteiger partial charge on any atom is 0.191 e. The highest BCUT2D eigenvalue weighted by Gasteiger charge is 2.21. The van der Waals surface area contributed by atoms with Gasteiger partial charge in [0.2, 0.25) is 0 Å². The van der Waals surface area contributed by atoms with Crippen molar-refractivity contribution in [2.75, 3.05) is 33.4 Å². The number of methoxy groups -OCH3 is 1. The van der Waals surface area contributed by atoms with Gasteiger partial charge in [0.25, 0.3) is 0 Å². The van der Waals surface area contributed by atoms with E-state index in [-0.39, 0.29) is 5.41 Å². The van der Waals surface area contributed by atoms with E-state index in [9.17, 15) is 0 Å². The standard InChI is InChI=1S/C14H25N3OS/c1-5-15-13(16-8-9-18-4)17-11-14(2,3)12-7-6-10-19-12/h6-7,10H,5,8-9,11H2,1-4H3,(H2,15,16,17). The molecule has 19 heavy (non-hydrogen) atoms. The van der Waals surface area contributed by atoms with E-state index < -0.39 is 0 Å². The van der Waals surface area contributed by atoms with Crippen LogP contribution in [0.1, 0.15) is 25.6 Å². The fourth-order valence-electron chi connectivity index (χ4n) is 1.63. The van der Waals surface area contributed by atoms with E-state index in [4.69, 9.17) is 4.74 Å². The molecule has 0 aromatic carbocycles. The van der Waals surface area contributed by atoms with Crippen LogP contribution < -0.4 is 10.6 Å². The molecule has 4 nitrogen and oxygen atoms in total. The van der Waals surface area contributed by atoms with E-state index in [0.29, 0.717) is 6.61 Å². The molecule has 0 fully saturated rings. The number of rotatable bonds is 7. The molecule has 2 N–H and O–H groups in total. The molecule has 0 spiro atoms. The molecule has 0 atom stereocenters. The van der Waals surface area contributed by atoms with Gasteiger partial charge in [0.15, 0.2) is 5.96 Å². The van der Waals surface area contributed by atoms with Crippen LogP contribution in [0, 0.1) is 0 Å². The lowest BCUT2D eigenvalue weighted by Crippen LogP contribution is -2.39. The van der Waals surface area contributed by atoms with Gasteiger partial charge in [0, 0.05) is 30.5 Å². The average Bonchev–Trinajstić information content (AvgIpc) is 2.91. The molecule has 5 heteroatoms. The topological polar surface area (TPSA) is 45.7 Å². The van der Waals surface area contributed by atoms with Crippen molar-refractivity contribution in [3.8, 4) is 0 Å². The number of thiophene rings is 1. The van der Waals surface area contributed by atoms with Gasteiger partial charge in [-0.1, -0.05) is 19.9 Å². The second-order valence-corrected chi connectivity index (χ2v) is 5.92. The largest absolute Gasteiger partial charge is 0.383 e. The Bertz CT molecular complexity index is 374. The monoisotopic (exact) mass is 283 g/mol. The zero-order chi connectivity index (χ0) is 14.1. The number of nitrogens with one attached hydrogen (secondary N) is 2. The lowest BCUT2D eigenvalue weighted by atomic mass is 9.92. The first kappa shape index (κ1) is 16.0. The Morgan fingerprint density at radius 3 is 2.79 bits per heavy atom. The molecule has 1 rings (SSSR count). The van der Waals surface area contributed by atoms with Crippen LogP contribution in [-0.2, 0) is 10.2 Å². The number of aliphatic imine (C=N–C) groups is 1. The summed E-state index contributed by atoms with van der Waals surface area (Å²) in [6.07, 6.45) is 0. The molecule has 0 saturated carbocycles. The van der Waals surface area contributed by atoms with Crippen molar-refractivity contribution in [1.82, 2.24) is 10.6 Å². The molecule has 0 unspecified atom stereocenters. The zero-order valence-electron chi connectivity index (χ0n) is 12.3. The highest BCUT2D eigenvalue weighted by atomic mass is 32.1. The van der Waals surface area contributed by atoms with E-state index in [2.05, 4.69) is 53.9 Å². The minimum atomic E-state index is 0.0672. The van der Waals surface area contributed by atoms with Gasteiger partial charge in [-0.05, 0) is 18.4 Å². The molecule has 0 saturated heterocycles. The van der Waals surface area contributed by atoms with Gasteiger partial charge in [0.1, 0.15) is 0 Å². The van der Waals surface area contributed by atoms with Crippen LogP contribution in [0.2, 0.25) is 0 Å². The van der Waals surface area contributed by atoms with Gasteiger partial charge in [-0.15, -0.1) is 11.3 Å². The molecular weight excluding hydrogens is 258 g/mol. The van der Waals surface area contributed by atoms with Crippen LogP contribution in [0.25, 0.3) is 0 Å². The Balaban J connectivity index is 2.58. The molecule has 1 heterocycles. The van der Waals surface area contributed by atoms with Gasteiger partial charge in [-0.2, -0.15) is 0 Å². The summed E-state index contributed by atoms with van der Waals surface area (Å²) in [4.78, 5) is 6.02. The summed E-state index contributed by atoms with van der Waals surface area (Å²) in [5.74, 6) is 0.851. The Hall–Kier alpha value is -1.07. The molecular formula is C14H25N3OS. The first-order chi connectivity index (χ1) is 9.10. The number of hydrogen-bond donors (Lipinski definition) is 2. The first-order valence-corrected chi connectivity index (χ1v) is 7.53. The summed E-state index contributed by atoms with van der Waals surface area (Å²) in [5, 5.41) is 8.62. The minimum Gasteiger partial charge on any atom is -0.383 e. The molecule has 1 aromatic rings. The average molecular weight is 283 g/mol. The maximum atomic E-state index is 5.03. The third kappa shape index (κ3) is 5.61. The third-order valence-corrected chi connectivity index (χ3v) is 4.00. The minimum absolute atomic E-state index is 0.0672. The van der Waals surface area contributed by atoms with Gasteiger partial charge < -0.3 is 15.4 Å². The summed E-state index contributed by atoms with van der Waals surface area (Å²) in [6.45, 7) is 9.58. The second kappa shape index (κ2) is 8.17. The van der Waals surface area contributed by atoms with Crippen LogP contribution in [0.4, 0.5) is 0 Å². The summed E-state index contributed by atoms with van der Waals surface area (Å²) in [5.41, 5.74) is 0.0672. The lowest BCUT2D eigenvalue weighted by molar-refractivity contribution is 0.203. The Kier molecular flexibility index (Phi) is 6.87. The van der Waals surface area contributed by atoms with Gasteiger partial charge >= 0.3 is 0 Å². The van der Waals surface area contributed by atoms with E-state index in [1.165, 1.54) is 4.88 Å². The number of guanidine groups is 1. The van der Waals surface area contributed by atoms with Crippen LogP contribution in [0.15, 0.2) is 22.5 Å². The SMILES string of the molecule is CCNC(=NCC(C)(C)c1cccs1)NCCOC. The van der Waals surface area contributed by atoms with Crippen molar-refractivity contribution in [2.45, 2.75) is 26.2 Å². The summed E-state index contributed by atoms with van der Waals surface area (Å²) in [7, 11) is 1.70. The van der Waals surface area contributed by atoms with E-state index in [1.807, 2.05) is 0 Å². The zero-order valence-corrected chi connectivity index (χ0v) is 13.1. The van der Waals surface area contributed by atoms with Crippen LogP contribution in [0.5, 0.6) is 0 Å². The van der Waals surface area contributed by atoms with Crippen molar-refractivity contribution in [1.29, 1.82) is 0 Å². The first-order valence-electron chi connectivity index (χ1n) is 6.65. The third-order valence-electron chi connectivity index (χ3n) is 2.76. The molecule has 0 amide bonds.